The minimum Gasteiger partial charge on any atom is -0.478 e. The molecule has 2 nitrogen and oxygen atoms in total. The number of hydrogen-bond donors (Lipinski definition) is 1. The second-order valence-electron chi connectivity index (χ2n) is 3.33. The Morgan fingerprint density at radius 2 is 1.87 bits per heavy atom. The maximum Gasteiger partial charge on any atom is 0.335 e. The number of carboxylic acids is 1. The molecular weight excluding hydrogens is 208 g/mol. The van der Waals surface area contributed by atoms with Crippen molar-refractivity contribution in [2.75, 3.05) is 0 Å². The fourth-order valence-corrected chi connectivity index (χ4v) is 2.11. The van der Waals surface area contributed by atoms with Gasteiger partial charge in [-0.2, -0.15) is 0 Å². The van der Waals surface area contributed by atoms with Crippen LogP contribution in [-0.2, 0) is 0 Å². The van der Waals surface area contributed by atoms with Gasteiger partial charge in [0.25, 0.3) is 0 Å². The zero-order valence-corrected chi connectivity index (χ0v) is 9.04. The molecule has 1 aromatic carbocycles. The fraction of sp³-hybridized carbons (Fsp3) is 0.0833. The number of benzene rings is 1. The first-order valence-corrected chi connectivity index (χ1v) is 5.43. The van der Waals surface area contributed by atoms with E-state index in [0.717, 1.165) is 11.1 Å². The third kappa shape index (κ3) is 2.07. The van der Waals surface area contributed by atoms with E-state index in [1.807, 2.05) is 12.1 Å². The number of aryl methyl sites for hydroxylation is 1. The molecule has 0 fully saturated rings. The van der Waals surface area contributed by atoms with Crippen molar-refractivity contribution in [3.05, 3.63) is 46.2 Å². The third-order valence-electron chi connectivity index (χ3n) is 2.20. The zero-order valence-electron chi connectivity index (χ0n) is 8.23. The summed E-state index contributed by atoms with van der Waals surface area (Å²) in [6.07, 6.45) is 0. The Hall–Kier alpha value is -1.61. The summed E-state index contributed by atoms with van der Waals surface area (Å²) >= 11 is 1.69. The number of hydrogen-bond acceptors (Lipinski definition) is 2. The van der Waals surface area contributed by atoms with Gasteiger partial charge in [0.15, 0.2) is 0 Å². The van der Waals surface area contributed by atoms with Crippen molar-refractivity contribution in [3.8, 4) is 11.1 Å². The summed E-state index contributed by atoms with van der Waals surface area (Å²) in [6.45, 7) is 2.06. The SMILES string of the molecule is Cc1cc(-c2ccc(C(=O)O)cc2)cs1. The van der Waals surface area contributed by atoms with Crippen molar-refractivity contribution in [2.24, 2.45) is 0 Å². The number of carbonyl (C=O) groups is 1. The van der Waals surface area contributed by atoms with Gasteiger partial charge in [-0.15, -0.1) is 11.3 Å². The smallest absolute Gasteiger partial charge is 0.335 e. The molecule has 76 valence electrons. The van der Waals surface area contributed by atoms with E-state index in [1.165, 1.54) is 4.88 Å². The van der Waals surface area contributed by atoms with E-state index in [2.05, 4.69) is 18.4 Å². The molecule has 2 aromatic rings. The first-order valence-electron chi connectivity index (χ1n) is 4.55. The van der Waals surface area contributed by atoms with Crippen LogP contribution >= 0.6 is 11.3 Å². The number of thiophene rings is 1. The molecule has 0 saturated carbocycles. The van der Waals surface area contributed by atoms with Crippen molar-refractivity contribution >= 4 is 17.3 Å². The van der Waals surface area contributed by atoms with Gasteiger partial charge >= 0.3 is 5.97 Å². The Kier molecular flexibility index (Phi) is 2.56. The van der Waals surface area contributed by atoms with E-state index < -0.39 is 5.97 Å². The van der Waals surface area contributed by atoms with Gasteiger partial charge < -0.3 is 5.11 Å². The molecule has 2 rings (SSSR count). The van der Waals surface area contributed by atoms with E-state index in [4.69, 9.17) is 5.11 Å². The molecule has 0 amide bonds. The van der Waals surface area contributed by atoms with Gasteiger partial charge in [-0.3, -0.25) is 0 Å². The van der Waals surface area contributed by atoms with Crippen LogP contribution in [0.25, 0.3) is 11.1 Å². The van der Waals surface area contributed by atoms with Crippen molar-refractivity contribution in [1.82, 2.24) is 0 Å². The van der Waals surface area contributed by atoms with Gasteiger partial charge in [-0.05, 0) is 41.6 Å². The van der Waals surface area contributed by atoms with Crippen molar-refractivity contribution < 1.29 is 9.90 Å². The lowest BCUT2D eigenvalue weighted by molar-refractivity contribution is 0.0697. The zero-order chi connectivity index (χ0) is 10.8. The Morgan fingerprint density at radius 1 is 1.20 bits per heavy atom. The molecule has 1 aromatic heterocycles. The number of carboxylic acid groups (broad SMARTS) is 1. The molecule has 0 atom stereocenters. The van der Waals surface area contributed by atoms with Gasteiger partial charge in [-0.1, -0.05) is 12.1 Å². The van der Waals surface area contributed by atoms with Gasteiger partial charge in [0, 0.05) is 4.88 Å². The normalized spacial score (nSPS) is 10.2. The van der Waals surface area contributed by atoms with Crippen LogP contribution in [0.5, 0.6) is 0 Å². The van der Waals surface area contributed by atoms with Crippen LogP contribution in [0.15, 0.2) is 35.7 Å². The molecule has 0 aliphatic carbocycles. The van der Waals surface area contributed by atoms with E-state index >= 15 is 0 Å². The Balaban J connectivity index is 2.35. The fourth-order valence-electron chi connectivity index (χ4n) is 1.40. The summed E-state index contributed by atoms with van der Waals surface area (Å²) in [4.78, 5) is 11.9. The van der Waals surface area contributed by atoms with E-state index in [-0.39, 0.29) is 0 Å². The third-order valence-corrected chi connectivity index (χ3v) is 3.06. The lowest BCUT2D eigenvalue weighted by atomic mass is 10.1. The second kappa shape index (κ2) is 3.87. The summed E-state index contributed by atoms with van der Waals surface area (Å²) < 4.78 is 0. The molecule has 0 bridgehead atoms. The average molecular weight is 218 g/mol. The second-order valence-corrected chi connectivity index (χ2v) is 4.44. The molecule has 0 spiro atoms. The van der Waals surface area contributed by atoms with Crippen LogP contribution in [-0.4, -0.2) is 11.1 Å². The summed E-state index contributed by atoms with van der Waals surface area (Å²) in [5.41, 5.74) is 2.53. The molecule has 0 unspecified atom stereocenters. The standard InChI is InChI=1S/C12H10O2S/c1-8-6-11(7-15-8)9-2-4-10(5-3-9)12(13)14/h2-7H,1H3,(H,13,14). The molecular formula is C12H10O2S. The van der Waals surface area contributed by atoms with Crippen molar-refractivity contribution in [2.45, 2.75) is 6.92 Å². The largest absolute Gasteiger partial charge is 0.478 e. The van der Waals surface area contributed by atoms with Gasteiger partial charge in [0.1, 0.15) is 0 Å². The predicted octanol–water partition coefficient (Wildman–Crippen LogP) is 3.42. The average Bonchev–Trinajstić information content (AvgIpc) is 2.65. The highest BCUT2D eigenvalue weighted by atomic mass is 32.1. The first kappa shape index (κ1) is 9.93. The molecule has 0 aliphatic heterocycles. The van der Waals surface area contributed by atoms with Gasteiger partial charge in [-0.25, -0.2) is 4.79 Å². The van der Waals surface area contributed by atoms with Crippen LogP contribution in [0.4, 0.5) is 0 Å². The van der Waals surface area contributed by atoms with Crippen LogP contribution in [0.1, 0.15) is 15.2 Å². The van der Waals surface area contributed by atoms with E-state index in [0.29, 0.717) is 5.56 Å². The molecule has 15 heavy (non-hydrogen) atoms. The minimum atomic E-state index is -0.886. The monoisotopic (exact) mass is 218 g/mol. The molecule has 0 aliphatic rings. The highest BCUT2D eigenvalue weighted by Gasteiger charge is 2.03. The lowest BCUT2D eigenvalue weighted by Gasteiger charge is -1.98. The van der Waals surface area contributed by atoms with E-state index in [1.54, 1.807) is 23.5 Å². The lowest BCUT2D eigenvalue weighted by Crippen LogP contribution is -1.94. The molecule has 0 radical (unpaired) electrons. The van der Waals surface area contributed by atoms with Crippen LogP contribution in [0, 0.1) is 6.92 Å². The van der Waals surface area contributed by atoms with Gasteiger partial charge in [0.2, 0.25) is 0 Å². The topological polar surface area (TPSA) is 37.3 Å². The quantitative estimate of drug-likeness (QED) is 0.838. The van der Waals surface area contributed by atoms with Crippen molar-refractivity contribution in [3.63, 3.8) is 0 Å². The maximum atomic E-state index is 10.7. The van der Waals surface area contributed by atoms with Crippen LogP contribution in [0.3, 0.4) is 0 Å². The minimum absolute atomic E-state index is 0.325. The van der Waals surface area contributed by atoms with Crippen molar-refractivity contribution in [1.29, 1.82) is 0 Å². The summed E-state index contributed by atoms with van der Waals surface area (Å²) in [5.74, 6) is -0.886. The van der Waals surface area contributed by atoms with E-state index in [9.17, 15) is 4.79 Å². The number of aromatic carboxylic acids is 1. The number of rotatable bonds is 2. The first-order chi connectivity index (χ1) is 7.16. The summed E-state index contributed by atoms with van der Waals surface area (Å²) in [5, 5.41) is 10.8. The predicted molar refractivity (Wildman–Crippen MR) is 61.5 cm³/mol. The highest BCUT2D eigenvalue weighted by molar-refractivity contribution is 7.10. The highest BCUT2D eigenvalue weighted by Crippen LogP contribution is 2.25. The molecule has 1 heterocycles. The maximum absolute atomic E-state index is 10.7. The Labute approximate surface area is 91.8 Å². The Bertz CT molecular complexity index is 483. The van der Waals surface area contributed by atoms with Crippen LogP contribution in [0.2, 0.25) is 0 Å². The van der Waals surface area contributed by atoms with Gasteiger partial charge in [0.05, 0.1) is 5.56 Å². The molecule has 3 heteroatoms. The van der Waals surface area contributed by atoms with Crippen LogP contribution < -0.4 is 0 Å². The summed E-state index contributed by atoms with van der Waals surface area (Å²) in [6, 6.07) is 9.03. The molecule has 0 saturated heterocycles. The Morgan fingerprint density at radius 3 is 2.33 bits per heavy atom. The summed E-state index contributed by atoms with van der Waals surface area (Å²) in [7, 11) is 0. The molecule has 1 N–H and O–H groups in total.